The van der Waals surface area contributed by atoms with Crippen LogP contribution in [0, 0.1) is 5.41 Å². The first kappa shape index (κ1) is 18.6. The molecule has 0 bridgehead atoms. The minimum Gasteiger partial charge on any atom is -0.389 e. The smallest absolute Gasteiger partial charge is 0.0900 e. The number of hydrogen-bond donors (Lipinski definition) is 2. The van der Waals surface area contributed by atoms with Crippen LogP contribution in [-0.2, 0) is 9.47 Å². The van der Waals surface area contributed by atoms with Crippen LogP contribution in [0.15, 0.2) is 0 Å². The van der Waals surface area contributed by atoms with Crippen LogP contribution in [-0.4, -0.2) is 74.3 Å². The number of likely N-dealkylation sites (tertiary alicyclic amines) is 1. The average Bonchev–Trinajstić information content (AvgIpc) is 3.08. The Balaban J connectivity index is 1.43. The van der Waals surface area contributed by atoms with Crippen LogP contribution in [0.25, 0.3) is 0 Å². The van der Waals surface area contributed by atoms with Gasteiger partial charge in [-0.2, -0.15) is 0 Å². The van der Waals surface area contributed by atoms with Gasteiger partial charge in [-0.05, 0) is 52.1 Å². The Morgan fingerprint density at radius 3 is 2.58 bits per heavy atom. The maximum atomic E-state index is 9.88. The minimum atomic E-state index is -0.361. The molecule has 0 aromatic carbocycles. The van der Waals surface area contributed by atoms with E-state index in [1.807, 2.05) is 0 Å². The maximum absolute atomic E-state index is 9.88. The molecule has 0 aromatic rings. The lowest BCUT2D eigenvalue weighted by Crippen LogP contribution is -2.65. The molecule has 140 valence electrons. The second kappa shape index (κ2) is 8.45. The quantitative estimate of drug-likeness (QED) is 0.705. The highest BCUT2D eigenvalue weighted by molar-refractivity contribution is 5.10. The van der Waals surface area contributed by atoms with Crippen molar-refractivity contribution in [2.24, 2.45) is 5.41 Å². The number of methoxy groups -OCH3 is 1. The van der Waals surface area contributed by atoms with Crippen molar-refractivity contribution in [2.45, 2.75) is 76.2 Å². The molecule has 0 aromatic heterocycles. The summed E-state index contributed by atoms with van der Waals surface area (Å²) in [5, 5.41) is 13.9. The van der Waals surface area contributed by atoms with E-state index in [2.05, 4.69) is 17.1 Å². The molecule has 5 heteroatoms. The van der Waals surface area contributed by atoms with Crippen molar-refractivity contribution < 1.29 is 14.6 Å². The second-order valence-corrected chi connectivity index (χ2v) is 8.02. The Bertz CT molecular complexity index is 379. The summed E-state index contributed by atoms with van der Waals surface area (Å²) in [4.78, 5) is 2.37. The largest absolute Gasteiger partial charge is 0.389 e. The highest BCUT2D eigenvalue weighted by Gasteiger charge is 2.56. The molecule has 1 spiro atoms. The van der Waals surface area contributed by atoms with E-state index in [-0.39, 0.29) is 6.10 Å². The van der Waals surface area contributed by atoms with Crippen molar-refractivity contribution >= 4 is 0 Å². The normalized spacial score (nSPS) is 32.1. The van der Waals surface area contributed by atoms with Crippen LogP contribution in [0.2, 0.25) is 0 Å². The Labute approximate surface area is 147 Å². The number of hydrogen-bond acceptors (Lipinski definition) is 5. The summed E-state index contributed by atoms with van der Waals surface area (Å²) in [6.07, 6.45) is 9.13. The lowest BCUT2D eigenvalue weighted by Gasteiger charge is -2.55. The molecule has 2 N–H and O–H groups in total. The average molecular weight is 341 g/mol. The van der Waals surface area contributed by atoms with Crippen molar-refractivity contribution in [2.75, 3.05) is 40.0 Å². The van der Waals surface area contributed by atoms with Gasteiger partial charge in [0, 0.05) is 37.8 Å². The number of β-amino-alcohol motifs (C(OH)–C–C–N with tert-alkyl or cyclic N) is 1. The van der Waals surface area contributed by atoms with Crippen LogP contribution in [0.1, 0.15) is 51.9 Å². The lowest BCUT2D eigenvalue weighted by molar-refractivity contribution is -0.133. The van der Waals surface area contributed by atoms with Crippen LogP contribution in [0.5, 0.6) is 0 Å². The van der Waals surface area contributed by atoms with Gasteiger partial charge in [-0.3, -0.25) is 0 Å². The number of aliphatic hydroxyl groups excluding tert-OH is 1. The molecule has 3 atom stereocenters. The Kier molecular flexibility index (Phi) is 6.55. The van der Waals surface area contributed by atoms with E-state index >= 15 is 0 Å². The third-order valence-electron chi connectivity index (χ3n) is 6.54. The van der Waals surface area contributed by atoms with Crippen molar-refractivity contribution in [1.82, 2.24) is 10.2 Å². The first-order valence-electron chi connectivity index (χ1n) is 9.95. The number of nitrogens with one attached hydrogen (secondary N) is 1. The van der Waals surface area contributed by atoms with Crippen molar-refractivity contribution in [3.63, 3.8) is 0 Å². The zero-order valence-corrected chi connectivity index (χ0v) is 15.5. The Morgan fingerprint density at radius 2 is 1.96 bits per heavy atom. The molecule has 0 radical (unpaired) electrons. The van der Waals surface area contributed by atoms with Crippen LogP contribution >= 0.6 is 0 Å². The molecule has 2 saturated carbocycles. The maximum Gasteiger partial charge on any atom is 0.0900 e. The molecule has 1 aliphatic heterocycles. The molecule has 3 rings (SSSR count). The molecule has 2 aliphatic carbocycles. The highest BCUT2D eigenvalue weighted by atomic mass is 16.5. The fourth-order valence-electron chi connectivity index (χ4n) is 5.23. The van der Waals surface area contributed by atoms with Gasteiger partial charge in [0.25, 0.3) is 0 Å². The number of piperidine rings is 1. The van der Waals surface area contributed by atoms with Gasteiger partial charge < -0.3 is 24.8 Å². The van der Waals surface area contributed by atoms with Gasteiger partial charge in [-0.25, -0.2) is 0 Å². The second-order valence-electron chi connectivity index (χ2n) is 8.02. The molecule has 24 heavy (non-hydrogen) atoms. The Morgan fingerprint density at radius 1 is 1.25 bits per heavy atom. The van der Waals surface area contributed by atoms with Gasteiger partial charge in [0.1, 0.15) is 0 Å². The van der Waals surface area contributed by atoms with Gasteiger partial charge in [0.15, 0.2) is 0 Å². The number of aliphatic hydroxyl groups is 1. The van der Waals surface area contributed by atoms with Gasteiger partial charge in [0.2, 0.25) is 0 Å². The molecule has 1 saturated heterocycles. The van der Waals surface area contributed by atoms with Gasteiger partial charge in [-0.1, -0.05) is 12.8 Å². The minimum absolute atomic E-state index is 0.361. The zero-order chi connectivity index (χ0) is 17.0. The van der Waals surface area contributed by atoms with Crippen molar-refractivity contribution in [3.8, 4) is 0 Å². The first-order valence-corrected chi connectivity index (χ1v) is 9.95. The third-order valence-corrected chi connectivity index (χ3v) is 6.54. The molecular weight excluding hydrogens is 304 g/mol. The molecule has 0 amide bonds. The molecule has 3 aliphatic rings. The van der Waals surface area contributed by atoms with Crippen LogP contribution in [0.3, 0.4) is 0 Å². The summed E-state index contributed by atoms with van der Waals surface area (Å²) >= 11 is 0. The molecular formula is C19H36N2O3. The number of nitrogens with zero attached hydrogens (tertiary/aromatic N) is 1. The standard InChI is InChI=1S/C19H36N2O3/c1-3-24-18-12-17(19(18)8-4-5-9-19)20-15-6-10-21(11-7-15)13-16(22)14-23-2/h15-18,20,22H,3-14H2,1-2H3. The predicted octanol–water partition coefficient (Wildman–Crippen LogP) is 1.79. The summed E-state index contributed by atoms with van der Waals surface area (Å²) < 4.78 is 11.1. The topological polar surface area (TPSA) is 54.0 Å². The van der Waals surface area contributed by atoms with Gasteiger partial charge in [-0.15, -0.1) is 0 Å². The lowest BCUT2D eigenvalue weighted by atomic mass is 9.60. The van der Waals surface area contributed by atoms with Gasteiger partial charge in [0.05, 0.1) is 18.8 Å². The van der Waals surface area contributed by atoms with Crippen molar-refractivity contribution in [1.29, 1.82) is 0 Å². The Hall–Kier alpha value is -0.200. The highest BCUT2D eigenvalue weighted by Crippen LogP contribution is 2.55. The first-order chi connectivity index (χ1) is 11.7. The zero-order valence-electron chi connectivity index (χ0n) is 15.5. The van der Waals surface area contributed by atoms with E-state index in [4.69, 9.17) is 9.47 Å². The van der Waals surface area contributed by atoms with E-state index in [0.717, 1.165) is 26.2 Å². The number of ether oxygens (including phenoxy) is 2. The van der Waals surface area contributed by atoms with E-state index in [9.17, 15) is 5.11 Å². The SMILES string of the molecule is CCOC1CC(NC2CCN(CC(O)COC)CC2)C12CCCC2. The van der Waals surface area contributed by atoms with E-state index < -0.39 is 0 Å². The summed E-state index contributed by atoms with van der Waals surface area (Å²) in [7, 11) is 1.65. The number of rotatable bonds is 8. The van der Waals surface area contributed by atoms with Crippen LogP contribution in [0.4, 0.5) is 0 Å². The summed E-state index contributed by atoms with van der Waals surface area (Å²) in [5.74, 6) is 0. The van der Waals surface area contributed by atoms with E-state index in [1.54, 1.807) is 7.11 Å². The summed E-state index contributed by atoms with van der Waals surface area (Å²) in [6.45, 7) is 6.29. The van der Waals surface area contributed by atoms with Crippen LogP contribution < -0.4 is 5.32 Å². The molecule has 1 heterocycles. The summed E-state index contributed by atoms with van der Waals surface area (Å²) in [5.41, 5.74) is 0.432. The molecule has 5 nitrogen and oxygen atoms in total. The fourth-order valence-corrected chi connectivity index (χ4v) is 5.23. The monoisotopic (exact) mass is 340 g/mol. The fraction of sp³-hybridized carbons (Fsp3) is 1.00. The molecule has 3 unspecified atom stereocenters. The van der Waals surface area contributed by atoms with Crippen molar-refractivity contribution in [3.05, 3.63) is 0 Å². The summed E-state index contributed by atoms with van der Waals surface area (Å²) in [6, 6.07) is 1.29. The molecule has 3 fully saturated rings. The van der Waals surface area contributed by atoms with Gasteiger partial charge >= 0.3 is 0 Å². The van der Waals surface area contributed by atoms with E-state index in [0.29, 0.717) is 30.2 Å². The predicted molar refractivity (Wildman–Crippen MR) is 95.2 cm³/mol. The third kappa shape index (κ3) is 3.96. The van der Waals surface area contributed by atoms with E-state index in [1.165, 1.54) is 44.9 Å².